The highest BCUT2D eigenvalue weighted by atomic mass is 15.1. The second kappa shape index (κ2) is 19.2. The van der Waals surface area contributed by atoms with E-state index in [1.165, 1.54) is 103 Å². The molecule has 0 aromatic rings. The van der Waals surface area contributed by atoms with Gasteiger partial charge in [0.2, 0.25) is 0 Å². The van der Waals surface area contributed by atoms with Crippen molar-refractivity contribution in [1.82, 2.24) is 5.32 Å². The minimum Gasteiger partial charge on any atom is -0.325 e. The molecule has 0 aliphatic carbocycles. The molecule has 0 amide bonds. The highest BCUT2D eigenvalue weighted by molar-refractivity contribution is 4.68. The van der Waals surface area contributed by atoms with E-state index in [-0.39, 0.29) is 12.2 Å². The number of unbranched alkanes of at least 4 members (excludes halogenated alkanes) is 15. The van der Waals surface area contributed by atoms with Crippen LogP contribution in [-0.4, -0.2) is 18.8 Å². The standard InChI is InChI=1S/C21H47N3/c1-3-4-5-6-7-8-9-10-11-12-13-14-15-16-17-18-19-24-21(23)20(2)22/h20-21,24H,3-19,22-23H2,1-2H3. The smallest absolute Gasteiger partial charge is 0.0699 e. The molecule has 0 rings (SSSR count). The van der Waals surface area contributed by atoms with Crippen LogP contribution in [0, 0.1) is 0 Å². The van der Waals surface area contributed by atoms with Gasteiger partial charge in [0.25, 0.3) is 0 Å². The molecule has 24 heavy (non-hydrogen) atoms. The first-order valence-electron chi connectivity index (χ1n) is 10.9. The largest absolute Gasteiger partial charge is 0.325 e. The lowest BCUT2D eigenvalue weighted by atomic mass is 10.0. The molecule has 5 N–H and O–H groups in total. The molecule has 3 nitrogen and oxygen atoms in total. The lowest BCUT2D eigenvalue weighted by Crippen LogP contribution is -2.50. The molecule has 146 valence electrons. The maximum Gasteiger partial charge on any atom is 0.0699 e. The first kappa shape index (κ1) is 23.9. The number of hydrogen-bond acceptors (Lipinski definition) is 3. The van der Waals surface area contributed by atoms with Gasteiger partial charge < -0.3 is 16.8 Å². The third-order valence-electron chi connectivity index (χ3n) is 4.98. The highest BCUT2D eigenvalue weighted by Crippen LogP contribution is 2.13. The molecule has 0 aliphatic rings. The first-order valence-corrected chi connectivity index (χ1v) is 10.9. The van der Waals surface area contributed by atoms with Gasteiger partial charge in [-0.05, 0) is 19.9 Å². The van der Waals surface area contributed by atoms with E-state index in [2.05, 4.69) is 12.2 Å². The first-order chi connectivity index (χ1) is 11.7. The molecule has 0 aromatic carbocycles. The van der Waals surface area contributed by atoms with Gasteiger partial charge in [0.05, 0.1) is 6.17 Å². The van der Waals surface area contributed by atoms with Crippen LogP contribution in [0.15, 0.2) is 0 Å². The van der Waals surface area contributed by atoms with E-state index < -0.39 is 0 Å². The van der Waals surface area contributed by atoms with Gasteiger partial charge in [-0.2, -0.15) is 0 Å². The highest BCUT2D eigenvalue weighted by Gasteiger charge is 2.05. The maximum atomic E-state index is 5.85. The molecule has 2 atom stereocenters. The van der Waals surface area contributed by atoms with Crippen LogP contribution in [0.4, 0.5) is 0 Å². The van der Waals surface area contributed by atoms with Crippen LogP contribution < -0.4 is 16.8 Å². The van der Waals surface area contributed by atoms with E-state index in [0.29, 0.717) is 0 Å². The summed E-state index contributed by atoms with van der Waals surface area (Å²) in [6, 6.07) is 0.0334. The van der Waals surface area contributed by atoms with Gasteiger partial charge in [-0.3, -0.25) is 0 Å². The molecule has 0 spiro atoms. The molecule has 0 saturated carbocycles. The van der Waals surface area contributed by atoms with Crippen LogP contribution in [0.5, 0.6) is 0 Å². The average Bonchev–Trinajstić information content (AvgIpc) is 2.57. The Labute approximate surface area is 152 Å². The topological polar surface area (TPSA) is 64.1 Å². The fourth-order valence-electron chi connectivity index (χ4n) is 3.13. The zero-order chi connectivity index (χ0) is 17.9. The summed E-state index contributed by atoms with van der Waals surface area (Å²) in [5.41, 5.74) is 11.6. The van der Waals surface area contributed by atoms with Crippen LogP contribution in [0.1, 0.15) is 117 Å². The van der Waals surface area contributed by atoms with Gasteiger partial charge in [0, 0.05) is 6.04 Å². The van der Waals surface area contributed by atoms with E-state index in [4.69, 9.17) is 11.5 Å². The van der Waals surface area contributed by atoms with Crippen molar-refractivity contribution in [2.24, 2.45) is 11.5 Å². The predicted octanol–water partition coefficient (Wildman–Crippen LogP) is 5.47. The molecule has 0 aliphatic heterocycles. The molecule has 0 bridgehead atoms. The lowest BCUT2D eigenvalue weighted by Gasteiger charge is -2.17. The summed E-state index contributed by atoms with van der Waals surface area (Å²) in [5.74, 6) is 0. The zero-order valence-electron chi connectivity index (χ0n) is 16.8. The van der Waals surface area contributed by atoms with Crippen molar-refractivity contribution >= 4 is 0 Å². The van der Waals surface area contributed by atoms with Gasteiger partial charge in [-0.15, -0.1) is 0 Å². The quantitative estimate of drug-likeness (QED) is 0.216. The molecule has 3 heteroatoms. The van der Waals surface area contributed by atoms with Crippen molar-refractivity contribution < 1.29 is 0 Å². The molecule has 0 saturated heterocycles. The summed E-state index contributed by atoms with van der Waals surface area (Å²) in [4.78, 5) is 0. The summed E-state index contributed by atoms with van der Waals surface area (Å²) < 4.78 is 0. The summed E-state index contributed by atoms with van der Waals surface area (Å²) >= 11 is 0. The van der Waals surface area contributed by atoms with Crippen LogP contribution in [0.3, 0.4) is 0 Å². The Morgan fingerprint density at radius 1 is 0.583 bits per heavy atom. The Kier molecular flexibility index (Phi) is 19.1. The molecule has 2 unspecified atom stereocenters. The minimum atomic E-state index is -0.0543. The molecular formula is C21H47N3. The monoisotopic (exact) mass is 341 g/mol. The van der Waals surface area contributed by atoms with Gasteiger partial charge in [-0.25, -0.2) is 0 Å². The second-order valence-electron chi connectivity index (χ2n) is 7.64. The Bertz CT molecular complexity index is 231. The third kappa shape index (κ3) is 18.2. The molecule has 0 radical (unpaired) electrons. The molecule has 0 aromatic heterocycles. The predicted molar refractivity (Wildman–Crippen MR) is 109 cm³/mol. The van der Waals surface area contributed by atoms with E-state index in [1.54, 1.807) is 0 Å². The summed E-state index contributed by atoms with van der Waals surface area (Å²) in [6.45, 7) is 5.24. The molecular weight excluding hydrogens is 294 g/mol. The van der Waals surface area contributed by atoms with E-state index in [1.807, 2.05) is 6.92 Å². The van der Waals surface area contributed by atoms with Crippen molar-refractivity contribution in [2.75, 3.05) is 6.54 Å². The zero-order valence-corrected chi connectivity index (χ0v) is 16.8. The Morgan fingerprint density at radius 3 is 1.25 bits per heavy atom. The van der Waals surface area contributed by atoms with Crippen molar-refractivity contribution in [1.29, 1.82) is 0 Å². The van der Waals surface area contributed by atoms with Crippen LogP contribution in [0.2, 0.25) is 0 Å². The van der Waals surface area contributed by atoms with Crippen molar-refractivity contribution in [3.05, 3.63) is 0 Å². The fraction of sp³-hybridized carbons (Fsp3) is 1.00. The van der Waals surface area contributed by atoms with Crippen LogP contribution in [0.25, 0.3) is 0 Å². The number of hydrogen-bond donors (Lipinski definition) is 3. The maximum absolute atomic E-state index is 5.85. The van der Waals surface area contributed by atoms with E-state index >= 15 is 0 Å². The van der Waals surface area contributed by atoms with Gasteiger partial charge >= 0.3 is 0 Å². The number of nitrogens with two attached hydrogens (primary N) is 2. The SMILES string of the molecule is CCCCCCCCCCCCCCCCCCNC(N)C(C)N. The van der Waals surface area contributed by atoms with Crippen LogP contribution in [-0.2, 0) is 0 Å². The van der Waals surface area contributed by atoms with Crippen molar-refractivity contribution in [3.63, 3.8) is 0 Å². The Morgan fingerprint density at radius 2 is 0.917 bits per heavy atom. The third-order valence-corrected chi connectivity index (χ3v) is 4.98. The minimum absolute atomic E-state index is 0.0334. The average molecular weight is 342 g/mol. The number of nitrogens with one attached hydrogen (secondary N) is 1. The van der Waals surface area contributed by atoms with E-state index in [0.717, 1.165) is 6.54 Å². The summed E-state index contributed by atoms with van der Waals surface area (Å²) in [7, 11) is 0. The van der Waals surface area contributed by atoms with Gasteiger partial charge in [-0.1, -0.05) is 103 Å². The Hall–Kier alpha value is -0.120. The Balaban J connectivity index is 3.03. The van der Waals surface area contributed by atoms with Gasteiger partial charge in [0.1, 0.15) is 0 Å². The normalized spacial score (nSPS) is 14.0. The fourth-order valence-corrected chi connectivity index (χ4v) is 3.13. The van der Waals surface area contributed by atoms with Crippen molar-refractivity contribution in [3.8, 4) is 0 Å². The molecule has 0 fully saturated rings. The lowest BCUT2D eigenvalue weighted by molar-refractivity contribution is 0.446. The second-order valence-corrected chi connectivity index (χ2v) is 7.64. The summed E-state index contributed by atoms with van der Waals surface area (Å²) in [6.07, 6.45) is 22.5. The van der Waals surface area contributed by atoms with Crippen LogP contribution >= 0.6 is 0 Å². The van der Waals surface area contributed by atoms with Gasteiger partial charge in [0.15, 0.2) is 0 Å². The van der Waals surface area contributed by atoms with E-state index in [9.17, 15) is 0 Å². The summed E-state index contributed by atoms with van der Waals surface area (Å²) in [5, 5.41) is 3.28. The number of rotatable bonds is 19. The van der Waals surface area contributed by atoms with Crippen molar-refractivity contribution in [2.45, 2.75) is 129 Å². The molecule has 0 heterocycles.